The third-order valence-corrected chi connectivity index (χ3v) is 4.86. The van der Waals surface area contributed by atoms with Gasteiger partial charge < -0.3 is 5.11 Å². The molecule has 1 N–H and O–H groups in total. The molecule has 108 valence electrons. The smallest absolute Gasteiger partial charge is 0.115 e. The van der Waals surface area contributed by atoms with Gasteiger partial charge in [0.1, 0.15) is 6.10 Å². The van der Waals surface area contributed by atoms with E-state index >= 15 is 0 Å². The second kappa shape index (κ2) is 5.81. The number of rotatable bonds is 5. The molecule has 0 radical (unpaired) electrons. The van der Waals surface area contributed by atoms with Gasteiger partial charge in [-0.15, -0.1) is 0 Å². The Balaban J connectivity index is 2.39. The van der Waals surface area contributed by atoms with Gasteiger partial charge in [-0.1, -0.05) is 38.3 Å². The van der Waals surface area contributed by atoms with E-state index in [1.54, 1.807) is 10.9 Å². The molecule has 1 unspecified atom stereocenters. The maximum absolute atomic E-state index is 11.0. The van der Waals surface area contributed by atoms with Crippen LogP contribution in [0.2, 0.25) is 5.02 Å². The van der Waals surface area contributed by atoms with Crippen LogP contribution in [0.25, 0.3) is 0 Å². The lowest BCUT2D eigenvalue weighted by molar-refractivity contribution is -0.0308. The van der Waals surface area contributed by atoms with Gasteiger partial charge in [-0.25, -0.2) is 0 Å². The molecule has 0 saturated heterocycles. The maximum atomic E-state index is 11.0. The number of nitrogens with zero attached hydrogens (tertiary/aromatic N) is 3. The van der Waals surface area contributed by atoms with Gasteiger partial charge in [-0.05, 0) is 25.9 Å². The second-order valence-corrected chi connectivity index (χ2v) is 5.79. The number of hydrogen-bond donors (Lipinski definition) is 1. The molecule has 0 amide bonds. The second-order valence-electron chi connectivity index (χ2n) is 5.39. The molecule has 1 heterocycles. The summed E-state index contributed by atoms with van der Waals surface area (Å²) < 4.78 is 1.70. The zero-order chi connectivity index (χ0) is 14.0. The maximum Gasteiger partial charge on any atom is 0.115 e. The Morgan fingerprint density at radius 3 is 2.42 bits per heavy atom. The van der Waals surface area contributed by atoms with Crippen LogP contribution in [0.5, 0.6) is 0 Å². The SMILES string of the molecule is CCN(CC)C1(C(O)c2c(Cl)cnn2C)CCCC1. The Morgan fingerprint density at radius 2 is 2.00 bits per heavy atom. The Labute approximate surface area is 120 Å². The number of aliphatic hydroxyl groups is 1. The van der Waals surface area contributed by atoms with Gasteiger partial charge in [0.05, 0.1) is 22.5 Å². The van der Waals surface area contributed by atoms with Crippen LogP contribution in [-0.2, 0) is 7.05 Å². The molecular weight excluding hydrogens is 262 g/mol. The largest absolute Gasteiger partial charge is 0.385 e. The van der Waals surface area contributed by atoms with E-state index in [9.17, 15) is 5.11 Å². The summed E-state index contributed by atoms with van der Waals surface area (Å²) in [7, 11) is 1.84. The summed E-state index contributed by atoms with van der Waals surface area (Å²) in [6, 6.07) is 0. The van der Waals surface area contributed by atoms with E-state index in [0.717, 1.165) is 31.6 Å². The van der Waals surface area contributed by atoms with Crippen LogP contribution < -0.4 is 0 Å². The lowest BCUT2D eigenvalue weighted by atomic mass is 9.86. The number of halogens is 1. The van der Waals surface area contributed by atoms with Crippen molar-refractivity contribution in [2.45, 2.75) is 51.2 Å². The van der Waals surface area contributed by atoms with Crippen LogP contribution >= 0.6 is 11.6 Å². The molecule has 0 bridgehead atoms. The number of aromatic nitrogens is 2. The van der Waals surface area contributed by atoms with Gasteiger partial charge in [0.15, 0.2) is 0 Å². The fraction of sp³-hybridized carbons (Fsp3) is 0.786. The third kappa shape index (κ3) is 2.41. The predicted octanol–water partition coefficient (Wildman–Crippen LogP) is 2.76. The van der Waals surface area contributed by atoms with Crippen LogP contribution in [0.15, 0.2) is 6.20 Å². The Bertz CT molecular complexity index is 403. The fourth-order valence-electron chi connectivity index (χ4n) is 3.59. The molecule has 4 nitrogen and oxygen atoms in total. The monoisotopic (exact) mass is 285 g/mol. The summed E-state index contributed by atoms with van der Waals surface area (Å²) in [5, 5.41) is 15.7. The third-order valence-electron chi connectivity index (χ3n) is 4.57. The molecule has 1 aliphatic rings. The van der Waals surface area contributed by atoms with Crippen molar-refractivity contribution in [3.05, 3.63) is 16.9 Å². The average Bonchev–Trinajstić information content (AvgIpc) is 2.99. The highest BCUT2D eigenvalue weighted by atomic mass is 35.5. The highest BCUT2D eigenvalue weighted by Gasteiger charge is 2.46. The summed E-state index contributed by atoms with van der Waals surface area (Å²) in [5.41, 5.74) is 0.566. The van der Waals surface area contributed by atoms with Crippen LogP contribution in [0.4, 0.5) is 0 Å². The predicted molar refractivity (Wildman–Crippen MR) is 77.3 cm³/mol. The molecule has 19 heavy (non-hydrogen) atoms. The summed E-state index contributed by atoms with van der Waals surface area (Å²) >= 11 is 6.21. The van der Waals surface area contributed by atoms with Crippen LogP contribution in [0, 0.1) is 0 Å². The number of hydrogen-bond acceptors (Lipinski definition) is 3. The van der Waals surface area contributed by atoms with Gasteiger partial charge in [-0.2, -0.15) is 5.10 Å². The molecule has 0 aliphatic heterocycles. The zero-order valence-corrected chi connectivity index (χ0v) is 12.8. The number of likely N-dealkylation sites (N-methyl/N-ethyl adjacent to an activating group) is 1. The first-order valence-corrected chi connectivity index (χ1v) is 7.55. The quantitative estimate of drug-likeness (QED) is 0.904. The highest BCUT2D eigenvalue weighted by Crippen LogP contribution is 2.45. The van der Waals surface area contributed by atoms with Crippen molar-refractivity contribution in [3.63, 3.8) is 0 Å². The van der Waals surface area contributed by atoms with Crippen molar-refractivity contribution in [2.24, 2.45) is 7.05 Å². The van der Waals surface area contributed by atoms with Crippen LogP contribution in [-0.4, -0.2) is 38.4 Å². The van der Waals surface area contributed by atoms with Gasteiger partial charge in [0, 0.05) is 7.05 Å². The summed E-state index contributed by atoms with van der Waals surface area (Å²) in [5.74, 6) is 0. The molecule has 1 aromatic rings. The molecule has 0 aromatic carbocycles. The Hall–Kier alpha value is -0.580. The lowest BCUT2D eigenvalue weighted by Gasteiger charge is -2.44. The molecule has 2 rings (SSSR count). The van der Waals surface area contributed by atoms with E-state index in [1.165, 1.54) is 12.8 Å². The van der Waals surface area contributed by atoms with Crippen molar-refractivity contribution in [1.29, 1.82) is 0 Å². The highest BCUT2D eigenvalue weighted by molar-refractivity contribution is 6.31. The van der Waals surface area contributed by atoms with E-state index in [4.69, 9.17) is 11.6 Å². The lowest BCUT2D eigenvalue weighted by Crippen LogP contribution is -2.51. The summed E-state index contributed by atoms with van der Waals surface area (Å²) in [6.45, 7) is 6.20. The van der Waals surface area contributed by atoms with Crippen molar-refractivity contribution < 1.29 is 5.11 Å². The minimum absolute atomic E-state index is 0.180. The molecule has 1 aliphatic carbocycles. The molecule has 0 spiro atoms. The van der Waals surface area contributed by atoms with Gasteiger partial charge in [0.2, 0.25) is 0 Å². The Morgan fingerprint density at radius 1 is 1.42 bits per heavy atom. The van der Waals surface area contributed by atoms with Gasteiger partial charge in [0.25, 0.3) is 0 Å². The topological polar surface area (TPSA) is 41.3 Å². The Kier molecular flexibility index (Phi) is 4.54. The van der Waals surface area contributed by atoms with E-state index in [-0.39, 0.29) is 5.54 Å². The fourth-order valence-corrected chi connectivity index (χ4v) is 3.85. The standard InChI is InChI=1S/C14H24ClN3O/c1-4-18(5-2)14(8-6-7-9-14)13(19)12-11(15)10-16-17(12)3/h10,13,19H,4-9H2,1-3H3. The van der Waals surface area contributed by atoms with E-state index in [0.29, 0.717) is 5.02 Å². The zero-order valence-electron chi connectivity index (χ0n) is 12.1. The molecule has 1 aromatic heterocycles. The first-order chi connectivity index (χ1) is 9.06. The molecule has 1 fully saturated rings. The molecular formula is C14H24ClN3O. The summed E-state index contributed by atoms with van der Waals surface area (Å²) in [6.07, 6.45) is 5.43. The average molecular weight is 286 g/mol. The van der Waals surface area contributed by atoms with E-state index in [1.807, 2.05) is 7.05 Å². The van der Waals surface area contributed by atoms with E-state index in [2.05, 4.69) is 23.8 Å². The summed E-state index contributed by atoms with van der Waals surface area (Å²) in [4.78, 5) is 2.38. The number of aliphatic hydroxyl groups excluding tert-OH is 1. The van der Waals surface area contributed by atoms with Crippen LogP contribution in [0.1, 0.15) is 51.3 Å². The first kappa shape index (κ1) is 14.8. The van der Waals surface area contributed by atoms with Crippen molar-refractivity contribution in [1.82, 2.24) is 14.7 Å². The van der Waals surface area contributed by atoms with Crippen molar-refractivity contribution in [3.8, 4) is 0 Å². The van der Waals surface area contributed by atoms with Gasteiger partial charge in [-0.3, -0.25) is 9.58 Å². The molecule has 5 heteroatoms. The van der Waals surface area contributed by atoms with Crippen LogP contribution in [0.3, 0.4) is 0 Å². The molecule has 1 atom stereocenters. The van der Waals surface area contributed by atoms with Crippen molar-refractivity contribution >= 4 is 11.6 Å². The minimum Gasteiger partial charge on any atom is -0.385 e. The van der Waals surface area contributed by atoms with Crippen molar-refractivity contribution in [2.75, 3.05) is 13.1 Å². The molecule has 1 saturated carbocycles. The minimum atomic E-state index is -0.574. The van der Waals surface area contributed by atoms with Gasteiger partial charge >= 0.3 is 0 Å². The number of aryl methyl sites for hydroxylation is 1. The normalized spacial score (nSPS) is 20.1. The van der Waals surface area contributed by atoms with E-state index < -0.39 is 6.10 Å². The first-order valence-electron chi connectivity index (χ1n) is 7.17.